The van der Waals surface area contributed by atoms with E-state index in [9.17, 15) is 0 Å². The van der Waals surface area contributed by atoms with Gasteiger partial charge in [0.15, 0.2) is 0 Å². The first kappa shape index (κ1) is 9.71. The summed E-state index contributed by atoms with van der Waals surface area (Å²) in [6.07, 6.45) is 10.2. The average molecular weight is 194 g/mol. The van der Waals surface area contributed by atoms with Crippen LogP contribution in [0.1, 0.15) is 26.2 Å². The maximum atomic E-state index is 5.90. The van der Waals surface area contributed by atoms with Crippen molar-refractivity contribution in [1.29, 1.82) is 0 Å². The molecule has 0 aromatic carbocycles. The molecule has 0 spiro atoms. The van der Waals surface area contributed by atoms with Crippen molar-refractivity contribution in [1.82, 2.24) is 4.57 Å². The molecular weight excluding hydrogens is 174 g/mol. The van der Waals surface area contributed by atoms with Gasteiger partial charge in [0.05, 0.1) is 13.1 Å². The van der Waals surface area contributed by atoms with Gasteiger partial charge in [0, 0.05) is 6.04 Å². The van der Waals surface area contributed by atoms with E-state index >= 15 is 0 Å². The minimum absolute atomic E-state index is 0.453. The van der Waals surface area contributed by atoms with Crippen molar-refractivity contribution in [2.24, 2.45) is 11.7 Å². The SMILES string of the molecule is CCn1cc[n+](CC2CCC(N)C2)c1. The van der Waals surface area contributed by atoms with Crippen LogP contribution in [0.4, 0.5) is 0 Å². The Bertz CT molecular complexity index is 292. The van der Waals surface area contributed by atoms with E-state index in [0.29, 0.717) is 6.04 Å². The number of nitrogens with two attached hydrogens (primary N) is 1. The first-order chi connectivity index (χ1) is 6.78. The van der Waals surface area contributed by atoms with E-state index in [4.69, 9.17) is 5.73 Å². The highest BCUT2D eigenvalue weighted by Crippen LogP contribution is 2.23. The molecule has 14 heavy (non-hydrogen) atoms. The quantitative estimate of drug-likeness (QED) is 0.714. The van der Waals surface area contributed by atoms with Gasteiger partial charge in [-0.3, -0.25) is 0 Å². The highest BCUT2D eigenvalue weighted by molar-refractivity contribution is 4.76. The summed E-state index contributed by atoms with van der Waals surface area (Å²) in [5.74, 6) is 0.794. The summed E-state index contributed by atoms with van der Waals surface area (Å²) in [6, 6.07) is 0.453. The first-order valence-electron chi connectivity index (χ1n) is 5.58. The maximum absolute atomic E-state index is 5.90. The van der Waals surface area contributed by atoms with Crippen molar-refractivity contribution in [2.45, 2.75) is 45.3 Å². The third-order valence-corrected chi connectivity index (χ3v) is 3.16. The van der Waals surface area contributed by atoms with Gasteiger partial charge in [-0.2, -0.15) is 0 Å². The van der Waals surface area contributed by atoms with Gasteiger partial charge in [-0.05, 0) is 32.1 Å². The Balaban J connectivity index is 1.90. The highest BCUT2D eigenvalue weighted by Gasteiger charge is 2.23. The smallest absolute Gasteiger partial charge is 0.243 e. The summed E-state index contributed by atoms with van der Waals surface area (Å²) in [4.78, 5) is 0. The molecule has 0 amide bonds. The number of rotatable bonds is 3. The molecule has 0 radical (unpaired) electrons. The van der Waals surface area contributed by atoms with E-state index in [-0.39, 0.29) is 0 Å². The minimum Gasteiger partial charge on any atom is -0.328 e. The van der Waals surface area contributed by atoms with Gasteiger partial charge < -0.3 is 5.73 Å². The molecule has 0 aliphatic heterocycles. The molecule has 2 atom stereocenters. The Morgan fingerprint density at radius 3 is 2.93 bits per heavy atom. The van der Waals surface area contributed by atoms with E-state index < -0.39 is 0 Å². The molecular formula is C11H20N3+. The Hall–Kier alpha value is -0.830. The van der Waals surface area contributed by atoms with E-state index in [0.717, 1.165) is 19.0 Å². The minimum atomic E-state index is 0.453. The van der Waals surface area contributed by atoms with Crippen LogP contribution >= 0.6 is 0 Å². The lowest BCUT2D eigenvalue weighted by atomic mass is 10.1. The number of hydrogen-bond acceptors (Lipinski definition) is 1. The summed E-state index contributed by atoms with van der Waals surface area (Å²) < 4.78 is 4.49. The lowest BCUT2D eigenvalue weighted by Gasteiger charge is -2.05. The van der Waals surface area contributed by atoms with Crippen molar-refractivity contribution in [2.75, 3.05) is 0 Å². The molecule has 1 fully saturated rings. The van der Waals surface area contributed by atoms with Gasteiger partial charge >= 0.3 is 0 Å². The van der Waals surface area contributed by atoms with E-state index in [1.807, 2.05) is 0 Å². The molecule has 1 heterocycles. The van der Waals surface area contributed by atoms with Gasteiger partial charge in [-0.1, -0.05) is 0 Å². The van der Waals surface area contributed by atoms with Gasteiger partial charge in [0.25, 0.3) is 0 Å². The zero-order valence-electron chi connectivity index (χ0n) is 8.89. The van der Waals surface area contributed by atoms with Crippen molar-refractivity contribution in [3.8, 4) is 0 Å². The summed E-state index contributed by atoms with van der Waals surface area (Å²) in [5, 5.41) is 0. The molecule has 1 saturated carbocycles. The van der Waals surface area contributed by atoms with Crippen LogP contribution in [0.25, 0.3) is 0 Å². The Labute approximate surface area is 85.5 Å². The van der Waals surface area contributed by atoms with Crippen molar-refractivity contribution in [3.05, 3.63) is 18.7 Å². The summed E-state index contributed by atoms with van der Waals surface area (Å²) in [5.41, 5.74) is 5.90. The van der Waals surface area contributed by atoms with Gasteiger partial charge in [0.1, 0.15) is 12.4 Å². The van der Waals surface area contributed by atoms with Crippen LogP contribution < -0.4 is 10.3 Å². The first-order valence-corrected chi connectivity index (χ1v) is 5.58. The third kappa shape index (κ3) is 2.15. The van der Waals surface area contributed by atoms with Gasteiger partial charge in [-0.25, -0.2) is 9.13 Å². The molecule has 2 N–H and O–H groups in total. The Morgan fingerprint density at radius 1 is 1.50 bits per heavy atom. The molecule has 0 bridgehead atoms. The van der Waals surface area contributed by atoms with Crippen LogP contribution in [0, 0.1) is 5.92 Å². The third-order valence-electron chi connectivity index (χ3n) is 3.16. The molecule has 3 nitrogen and oxygen atoms in total. The van der Waals surface area contributed by atoms with Crippen LogP contribution in [0.3, 0.4) is 0 Å². The van der Waals surface area contributed by atoms with Crippen molar-refractivity contribution >= 4 is 0 Å². The number of aryl methyl sites for hydroxylation is 1. The number of hydrogen-bond donors (Lipinski definition) is 1. The molecule has 2 unspecified atom stereocenters. The molecule has 3 heteroatoms. The predicted molar refractivity (Wildman–Crippen MR) is 55.6 cm³/mol. The topological polar surface area (TPSA) is 34.8 Å². The highest BCUT2D eigenvalue weighted by atomic mass is 15.1. The van der Waals surface area contributed by atoms with Crippen LogP contribution in [0.15, 0.2) is 18.7 Å². The summed E-state index contributed by atoms with van der Waals surface area (Å²) in [6.45, 7) is 4.35. The normalized spacial score (nSPS) is 27.0. The maximum Gasteiger partial charge on any atom is 0.243 e. The molecule has 1 aliphatic carbocycles. The summed E-state index contributed by atoms with van der Waals surface area (Å²) in [7, 11) is 0. The largest absolute Gasteiger partial charge is 0.328 e. The van der Waals surface area contributed by atoms with Crippen molar-refractivity contribution in [3.63, 3.8) is 0 Å². The molecule has 78 valence electrons. The predicted octanol–water partition coefficient (Wildman–Crippen LogP) is 0.923. The lowest BCUT2D eigenvalue weighted by molar-refractivity contribution is -0.702. The lowest BCUT2D eigenvalue weighted by Crippen LogP contribution is -2.35. The van der Waals surface area contributed by atoms with E-state index in [1.165, 1.54) is 19.3 Å². The molecule has 1 aliphatic rings. The average Bonchev–Trinajstić information content (AvgIpc) is 2.76. The van der Waals surface area contributed by atoms with Crippen LogP contribution in [-0.2, 0) is 13.1 Å². The van der Waals surface area contributed by atoms with Gasteiger partial charge in [-0.15, -0.1) is 0 Å². The Morgan fingerprint density at radius 2 is 2.36 bits per heavy atom. The summed E-state index contributed by atoms with van der Waals surface area (Å²) >= 11 is 0. The number of nitrogens with zero attached hydrogens (tertiary/aromatic N) is 2. The van der Waals surface area contributed by atoms with E-state index in [1.54, 1.807) is 0 Å². The fourth-order valence-electron chi connectivity index (χ4n) is 2.31. The molecule has 1 aromatic rings. The van der Waals surface area contributed by atoms with Crippen LogP contribution in [0.2, 0.25) is 0 Å². The van der Waals surface area contributed by atoms with Crippen LogP contribution in [0.5, 0.6) is 0 Å². The second kappa shape index (κ2) is 4.13. The molecule has 1 aromatic heterocycles. The number of imidazole rings is 1. The molecule has 2 rings (SSSR count). The van der Waals surface area contributed by atoms with Gasteiger partial charge in [0.2, 0.25) is 6.33 Å². The number of aromatic nitrogens is 2. The standard InChI is InChI=1S/C11H20N3/c1-2-13-5-6-14(9-13)8-10-3-4-11(12)7-10/h5-6,9-11H,2-4,7-8,12H2,1H3/q+1. The second-order valence-corrected chi connectivity index (χ2v) is 4.38. The second-order valence-electron chi connectivity index (χ2n) is 4.38. The van der Waals surface area contributed by atoms with E-state index in [2.05, 4.69) is 34.8 Å². The Kier molecular flexibility index (Phi) is 2.87. The fourth-order valence-corrected chi connectivity index (χ4v) is 2.31. The molecule has 0 saturated heterocycles. The zero-order valence-corrected chi connectivity index (χ0v) is 8.89. The fraction of sp³-hybridized carbons (Fsp3) is 0.727. The van der Waals surface area contributed by atoms with Crippen molar-refractivity contribution < 1.29 is 4.57 Å². The zero-order chi connectivity index (χ0) is 9.97. The van der Waals surface area contributed by atoms with Crippen LogP contribution in [-0.4, -0.2) is 10.6 Å². The monoisotopic (exact) mass is 194 g/mol.